The molecule has 0 aromatic rings. The maximum atomic E-state index is 11.6. The van der Waals surface area contributed by atoms with Crippen molar-refractivity contribution >= 4 is 0 Å². The van der Waals surface area contributed by atoms with Gasteiger partial charge in [0.05, 0.1) is 0 Å². The van der Waals surface area contributed by atoms with Gasteiger partial charge in [0.15, 0.2) is 0 Å². The number of halogens is 3. The Labute approximate surface area is 81.8 Å². The third-order valence-electron chi connectivity index (χ3n) is 1.65. The van der Waals surface area contributed by atoms with Crippen LogP contribution in [0.2, 0.25) is 0 Å². The van der Waals surface area contributed by atoms with E-state index >= 15 is 0 Å². The highest BCUT2D eigenvalue weighted by atomic mass is 19.4. The van der Waals surface area contributed by atoms with Gasteiger partial charge >= 0.3 is 6.18 Å². The fraction of sp³-hybridized carbons (Fsp3) is 0.778. The Balaban J connectivity index is 3.48. The molecule has 0 radical (unpaired) electrons. The molecule has 0 aromatic carbocycles. The molecule has 0 aromatic heterocycles. The van der Waals surface area contributed by atoms with Gasteiger partial charge in [0.25, 0.3) is 0 Å². The minimum absolute atomic E-state index is 0.0215. The summed E-state index contributed by atoms with van der Waals surface area (Å²) in [6.45, 7) is -1.13. The summed E-state index contributed by atoms with van der Waals surface area (Å²) in [6, 6.07) is 0.0215. The van der Waals surface area contributed by atoms with E-state index in [1.54, 1.807) is 7.05 Å². The fourth-order valence-corrected chi connectivity index (χ4v) is 0.904. The minimum atomic E-state index is -4.25. The van der Waals surface area contributed by atoms with Gasteiger partial charge in [-0.15, -0.1) is 12.3 Å². The Morgan fingerprint density at radius 1 is 1.50 bits per heavy atom. The van der Waals surface area contributed by atoms with Gasteiger partial charge in [0, 0.05) is 19.1 Å². The molecule has 0 bridgehead atoms. The maximum Gasteiger partial charge on any atom is 0.411 e. The van der Waals surface area contributed by atoms with Crippen LogP contribution in [0.15, 0.2) is 0 Å². The third kappa shape index (κ3) is 7.90. The Kier molecular flexibility index (Phi) is 6.34. The highest BCUT2D eigenvalue weighted by Crippen LogP contribution is 2.14. The highest BCUT2D eigenvalue weighted by Gasteiger charge is 2.27. The molecule has 1 atom stereocenters. The molecule has 0 aliphatic carbocycles. The van der Waals surface area contributed by atoms with E-state index in [-0.39, 0.29) is 12.6 Å². The molecule has 0 heterocycles. The van der Waals surface area contributed by atoms with Crippen LogP contribution >= 0.6 is 0 Å². The maximum absolute atomic E-state index is 11.6. The zero-order valence-electron chi connectivity index (χ0n) is 8.03. The zero-order valence-corrected chi connectivity index (χ0v) is 8.03. The van der Waals surface area contributed by atoms with E-state index in [1.807, 2.05) is 0 Å². The van der Waals surface area contributed by atoms with E-state index < -0.39 is 12.8 Å². The summed E-state index contributed by atoms with van der Waals surface area (Å²) in [5.74, 6) is 2.44. The molecule has 0 aliphatic heterocycles. The molecule has 82 valence electrons. The molecule has 1 unspecified atom stereocenters. The summed E-state index contributed by atoms with van der Waals surface area (Å²) in [5.41, 5.74) is 0. The minimum Gasteiger partial charge on any atom is -0.372 e. The lowest BCUT2D eigenvalue weighted by Gasteiger charge is -2.13. The quantitative estimate of drug-likeness (QED) is 0.529. The number of hydrogen-bond acceptors (Lipinski definition) is 2. The van der Waals surface area contributed by atoms with Crippen LogP contribution in [-0.2, 0) is 4.74 Å². The number of nitrogens with one attached hydrogen (secondary N) is 1. The Morgan fingerprint density at radius 2 is 2.14 bits per heavy atom. The summed E-state index contributed by atoms with van der Waals surface area (Å²) in [7, 11) is 1.71. The molecule has 2 nitrogen and oxygen atoms in total. The van der Waals surface area contributed by atoms with Gasteiger partial charge < -0.3 is 10.1 Å². The second-order valence-electron chi connectivity index (χ2n) is 2.85. The second kappa shape index (κ2) is 6.68. The standard InChI is InChI=1S/C9H14F3NO/c1-3-4-8(13-2)5-6-14-7-9(10,11)12/h1,8,13H,4-7H2,2H3. The summed E-state index contributed by atoms with van der Waals surface area (Å²) < 4.78 is 39.4. The first-order chi connectivity index (χ1) is 6.49. The van der Waals surface area contributed by atoms with Gasteiger partial charge in [-0.25, -0.2) is 0 Å². The van der Waals surface area contributed by atoms with E-state index in [9.17, 15) is 13.2 Å². The highest BCUT2D eigenvalue weighted by molar-refractivity contribution is 4.89. The van der Waals surface area contributed by atoms with Gasteiger partial charge in [-0.2, -0.15) is 13.2 Å². The molecular weight excluding hydrogens is 195 g/mol. The Hall–Kier alpha value is -0.730. The van der Waals surface area contributed by atoms with Gasteiger partial charge in [-0.05, 0) is 13.5 Å². The zero-order chi connectivity index (χ0) is 11.0. The lowest BCUT2D eigenvalue weighted by atomic mass is 10.1. The SMILES string of the molecule is C#CCC(CCOCC(F)(F)F)NC. The van der Waals surface area contributed by atoms with Crippen LogP contribution in [0.1, 0.15) is 12.8 Å². The summed E-state index contributed by atoms with van der Waals surface area (Å²) in [5, 5.41) is 2.90. The van der Waals surface area contributed by atoms with Gasteiger partial charge in [-0.3, -0.25) is 0 Å². The van der Waals surface area contributed by atoms with Crippen molar-refractivity contribution < 1.29 is 17.9 Å². The number of ether oxygens (including phenoxy) is 1. The van der Waals surface area contributed by atoms with Crippen molar-refractivity contribution in [1.29, 1.82) is 0 Å². The lowest BCUT2D eigenvalue weighted by Crippen LogP contribution is -2.27. The molecule has 14 heavy (non-hydrogen) atoms. The van der Waals surface area contributed by atoms with Crippen LogP contribution in [0.5, 0.6) is 0 Å². The van der Waals surface area contributed by atoms with Crippen LogP contribution in [0.25, 0.3) is 0 Å². The van der Waals surface area contributed by atoms with Crippen molar-refractivity contribution in [1.82, 2.24) is 5.32 Å². The van der Waals surface area contributed by atoms with Gasteiger partial charge in [0.1, 0.15) is 6.61 Å². The number of alkyl halides is 3. The molecule has 0 fully saturated rings. The molecule has 5 heteroatoms. The van der Waals surface area contributed by atoms with E-state index in [0.29, 0.717) is 12.8 Å². The number of terminal acetylenes is 1. The molecule has 0 saturated heterocycles. The molecule has 0 saturated carbocycles. The Morgan fingerprint density at radius 3 is 2.57 bits per heavy atom. The molecule has 0 spiro atoms. The van der Waals surface area contributed by atoms with E-state index in [4.69, 9.17) is 6.42 Å². The molecular formula is C9H14F3NO. The van der Waals surface area contributed by atoms with Crippen molar-refractivity contribution in [2.75, 3.05) is 20.3 Å². The van der Waals surface area contributed by atoms with Gasteiger partial charge in [-0.1, -0.05) is 0 Å². The largest absolute Gasteiger partial charge is 0.411 e. The predicted octanol–water partition coefficient (Wildman–Crippen LogP) is 1.57. The van der Waals surface area contributed by atoms with Crippen molar-refractivity contribution in [3.63, 3.8) is 0 Å². The van der Waals surface area contributed by atoms with Gasteiger partial charge in [0.2, 0.25) is 0 Å². The van der Waals surface area contributed by atoms with E-state index in [0.717, 1.165) is 0 Å². The van der Waals surface area contributed by atoms with Crippen molar-refractivity contribution in [2.24, 2.45) is 0 Å². The van der Waals surface area contributed by atoms with Crippen molar-refractivity contribution in [3.8, 4) is 12.3 Å². The monoisotopic (exact) mass is 209 g/mol. The van der Waals surface area contributed by atoms with Crippen LogP contribution in [0.3, 0.4) is 0 Å². The first kappa shape index (κ1) is 13.3. The molecule has 1 N–H and O–H groups in total. The summed E-state index contributed by atoms with van der Waals surface area (Å²) in [4.78, 5) is 0. The first-order valence-electron chi connectivity index (χ1n) is 4.25. The van der Waals surface area contributed by atoms with Crippen molar-refractivity contribution in [2.45, 2.75) is 25.1 Å². The summed E-state index contributed by atoms with van der Waals surface area (Å²) >= 11 is 0. The molecule has 0 rings (SSSR count). The average molecular weight is 209 g/mol. The van der Waals surface area contributed by atoms with Crippen molar-refractivity contribution in [3.05, 3.63) is 0 Å². The topological polar surface area (TPSA) is 21.3 Å². The predicted molar refractivity (Wildman–Crippen MR) is 47.8 cm³/mol. The normalized spacial score (nSPS) is 13.6. The molecule has 0 amide bonds. The second-order valence-corrected chi connectivity index (χ2v) is 2.85. The van der Waals surface area contributed by atoms with Crippen LogP contribution in [0, 0.1) is 12.3 Å². The van der Waals surface area contributed by atoms with E-state index in [2.05, 4.69) is 16.0 Å². The van der Waals surface area contributed by atoms with E-state index in [1.165, 1.54) is 0 Å². The van der Waals surface area contributed by atoms with Crippen LogP contribution < -0.4 is 5.32 Å². The number of hydrogen-bond donors (Lipinski definition) is 1. The third-order valence-corrected chi connectivity index (χ3v) is 1.65. The number of rotatable bonds is 6. The lowest BCUT2D eigenvalue weighted by molar-refractivity contribution is -0.174. The van der Waals surface area contributed by atoms with Crippen LogP contribution in [0.4, 0.5) is 13.2 Å². The smallest absolute Gasteiger partial charge is 0.372 e. The summed E-state index contributed by atoms with van der Waals surface area (Å²) in [6.07, 6.45) is 1.79. The van der Waals surface area contributed by atoms with Crippen LogP contribution in [-0.4, -0.2) is 32.5 Å². The first-order valence-corrected chi connectivity index (χ1v) is 4.25. The molecule has 0 aliphatic rings. The Bertz CT molecular complexity index is 185. The average Bonchev–Trinajstić information content (AvgIpc) is 2.08. The fourth-order valence-electron chi connectivity index (χ4n) is 0.904.